The van der Waals surface area contributed by atoms with Crippen LogP contribution in [0.5, 0.6) is 0 Å². The van der Waals surface area contributed by atoms with Crippen molar-refractivity contribution in [3.05, 3.63) is 88.4 Å². The highest BCUT2D eigenvalue weighted by atomic mass is 35.5. The van der Waals surface area contributed by atoms with Crippen molar-refractivity contribution in [2.24, 2.45) is 4.99 Å². The summed E-state index contributed by atoms with van der Waals surface area (Å²) >= 11 is 6.77. The number of aliphatic imine (C=N–C) groups is 1. The Morgan fingerprint density at radius 3 is 2.62 bits per heavy atom. The highest BCUT2D eigenvalue weighted by Crippen LogP contribution is 2.46. The highest BCUT2D eigenvalue weighted by molar-refractivity contribution is 6.33. The first-order valence-corrected chi connectivity index (χ1v) is 13.7. The van der Waals surface area contributed by atoms with Gasteiger partial charge in [0.25, 0.3) is 5.91 Å². The first kappa shape index (κ1) is 26.3. The van der Waals surface area contributed by atoms with Gasteiger partial charge in [-0.15, -0.1) is 0 Å². The van der Waals surface area contributed by atoms with Crippen LogP contribution in [0.1, 0.15) is 59.8 Å². The number of aryl methyl sites for hydroxylation is 1. The summed E-state index contributed by atoms with van der Waals surface area (Å²) in [6, 6.07) is 7.89. The number of aromatic nitrogens is 3. The average Bonchev–Trinajstić information content (AvgIpc) is 3.79. The van der Waals surface area contributed by atoms with Gasteiger partial charge >= 0.3 is 0 Å². The highest BCUT2D eigenvalue weighted by Gasteiger charge is 2.42. The van der Waals surface area contributed by atoms with E-state index in [1.165, 1.54) is 18.5 Å². The lowest BCUT2D eigenvalue weighted by Gasteiger charge is -2.42. The number of benzene rings is 1. The van der Waals surface area contributed by atoms with E-state index in [1.54, 1.807) is 29.2 Å². The number of hydrogen-bond acceptors (Lipinski definition) is 6. The molecule has 2 aromatic heterocycles. The monoisotopic (exact) mass is 558 g/mol. The molecular weight excluding hydrogens is 531 g/mol. The van der Waals surface area contributed by atoms with Gasteiger partial charge in [0.05, 0.1) is 22.1 Å². The molecule has 40 heavy (non-hydrogen) atoms. The van der Waals surface area contributed by atoms with Crippen LogP contribution in [-0.4, -0.2) is 68.1 Å². The lowest BCUT2D eigenvalue weighted by Crippen LogP contribution is -2.56. The summed E-state index contributed by atoms with van der Waals surface area (Å²) in [4.78, 5) is 48.5. The molecule has 0 N–H and O–H groups in total. The molecule has 1 unspecified atom stereocenters. The van der Waals surface area contributed by atoms with E-state index in [2.05, 4.69) is 21.5 Å². The van der Waals surface area contributed by atoms with Gasteiger partial charge in [0.2, 0.25) is 5.91 Å². The summed E-state index contributed by atoms with van der Waals surface area (Å²) in [5, 5.41) is 0.251. The Hall–Kier alpha value is -3.98. The molecule has 1 saturated carbocycles. The minimum atomic E-state index is -0.850. The second-order valence-electron chi connectivity index (χ2n) is 10.5. The maximum Gasteiger partial charge on any atom is 0.261 e. The quantitative estimate of drug-likeness (QED) is 0.433. The molecule has 2 fully saturated rings. The average molecular weight is 559 g/mol. The number of pyridine rings is 1. The number of hydrogen-bond donors (Lipinski definition) is 0. The molecule has 204 valence electrons. The van der Waals surface area contributed by atoms with Gasteiger partial charge in [-0.05, 0) is 51.0 Å². The third-order valence-electron chi connectivity index (χ3n) is 7.86. The van der Waals surface area contributed by atoms with Crippen molar-refractivity contribution in [1.29, 1.82) is 0 Å². The predicted molar refractivity (Wildman–Crippen MR) is 150 cm³/mol. The predicted octanol–water partition coefficient (Wildman–Crippen LogP) is 4.65. The van der Waals surface area contributed by atoms with Gasteiger partial charge in [-0.3, -0.25) is 9.59 Å². The van der Waals surface area contributed by atoms with Crippen LogP contribution in [-0.2, 0) is 9.59 Å². The Morgan fingerprint density at radius 1 is 1.15 bits per heavy atom. The van der Waals surface area contributed by atoms with Crippen molar-refractivity contribution in [3.8, 4) is 11.3 Å². The van der Waals surface area contributed by atoms with E-state index in [1.807, 2.05) is 18.7 Å². The second-order valence-corrected chi connectivity index (χ2v) is 10.9. The zero-order valence-corrected chi connectivity index (χ0v) is 23.0. The third-order valence-corrected chi connectivity index (χ3v) is 8.15. The van der Waals surface area contributed by atoms with Crippen LogP contribution >= 0.6 is 11.6 Å². The van der Waals surface area contributed by atoms with Crippen LogP contribution in [0.3, 0.4) is 0 Å². The fraction of sp³-hybridized carbons (Fsp3) is 0.333. The maximum atomic E-state index is 14.9. The standard InChI is InChI=1S/C30H28ClFN6O2/c1-4-23(39)37-11-12-38(16(2)14-37)29-20-13-21(31)27(19-7-5-6-8-22(19)32)35-28(20)25(30(40)36-29)24-17(3)33-15-34-26(24)18-9-10-18/h4-8,13,15-16,18,25H,1,9-12,14H2,2-3H3/t16-,25?/m0/s1. The molecule has 2 aliphatic heterocycles. The van der Waals surface area contributed by atoms with Gasteiger partial charge < -0.3 is 9.80 Å². The number of nitrogens with zero attached hydrogens (tertiary/aromatic N) is 6. The molecule has 1 saturated heterocycles. The number of amidine groups is 1. The van der Waals surface area contributed by atoms with E-state index in [4.69, 9.17) is 16.6 Å². The van der Waals surface area contributed by atoms with Crippen LogP contribution in [0.4, 0.5) is 4.39 Å². The summed E-state index contributed by atoms with van der Waals surface area (Å²) in [6.45, 7) is 8.79. The molecule has 4 heterocycles. The Morgan fingerprint density at radius 2 is 1.93 bits per heavy atom. The van der Waals surface area contributed by atoms with Crippen molar-refractivity contribution in [2.75, 3.05) is 19.6 Å². The molecule has 0 spiro atoms. The number of carbonyl (C=O) groups is 2. The zero-order valence-electron chi connectivity index (χ0n) is 22.3. The Bertz CT molecular complexity index is 1590. The number of halogens is 2. The summed E-state index contributed by atoms with van der Waals surface area (Å²) < 4.78 is 14.9. The second kappa shape index (κ2) is 10.2. The Kier molecular flexibility index (Phi) is 6.70. The van der Waals surface area contributed by atoms with Crippen molar-refractivity contribution >= 4 is 29.3 Å². The summed E-state index contributed by atoms with van der Waals surface area (Å²) in [6.07, 6.45) is 4.82. The SMILES string of the molecule is C=CC(=O)N1CCN(C2=NC(=O)C(c3c(C)ncnc3C3CC3)c3nc(-c4ccccc4F)c(Cl)cc32)[C@@H](C)C1. The van der Waals surface area contributed by atoms with E-state index in [0.717, 1.165) is 18.5 Å². The minimum absolute atomic E-state index is 0.137. The number of rotatable bonds is 4. The van der Waals surface area contributed by atoms with E-state index < -0.39 is 11.7 Å². The van der Waals surface area contributed by atoms with E-state index >= 15 is 0 Å². The lowest BCUT2D eigenvalue weighted by atomic mass is 9.85. The molecule has 2 atom stereocenters. The lowest BCUT2D eigenvalue weighted by molar-refractivity contribution is -0.128. The molecule has 3 aromatic rings. The van der Waals surface area contributed by atoms with E-state index in [9.17, 15) is 14.0 Å². The zero-order chi connectivity index (χ0) is 28.1. The normalized spacial score (nSPS) is 20.7. The first-order valence-electron chi connectivity index (χ1n) is 13.4. The molecule has 2 amide bonds. The van der Waals surface area contributed by atoms with Crippen molar-refractivity contribution < 1.29 is 14.0 Å². The van der Waals surface area contributed by atoms with Gasteiger partial charge in [-0.25, -0.2) is 19.3 Å². The van der Waals surface area contributed by atoms with Crippen molar-refractivity contribution in [1.82, 2.24) is 24.8 Å². The topological polar surface area (TPSA) is 91.7 Å². The molecule has 1 aromatic carbocycles. The number of fused-ring (bicyclic) bond motifs is 1. The molecular formula is C30H28ClFN6O2. The number of piperazine rings is 1. The van der Waals surface area contributed by atoms with Gasteiger partial charge in [0.15, 0.2) is 0 Å². The minimum Gasteiger partial charge on any atom is -0.350 e. The van der Waals surface area contributed by atoms with Crippen molar-refractivity contribution in [2.45, 2.75) is 44.6 Å². The molecule has 0 radical (unpaired) electrons. The van der Waals surface area contributed by atoms with Crippen molar-refractivity contribution in [3.63, 3.8) is 0 Å². The summed E-state index contributed by atoms with van der Waals surface area (Å²) in [7, 11) is 0. The molecule has 6 rings (SSSR count). The third kappa shape index (κ3) is 4.48. The maximum absolute atomic E-state index is 14.9. The van der Waals surface area contributed by atoms with Crippen LogP contribution in [0.15, 0.2) is 54.3 Å². The van der Waals surface area contributed by atoms with E-state index in [0.29, 0.717) is 48.0 Å². The molecule has 1 aliphatic carbocycles. The summed E-state index contributed by atoms with van der Waals surface area (Å²) in [5.41, 5.74) is 3.80. The molecule has 0 bridgehead atoms. The Balaban J connectivity index is 1.52. The van der Waals surface area contributed by atoms with Crippen LogP contribution in [0.2, 0.25) is 5.02 Å². The van der Waals surface area contributed by atoms with Crippen LogP contribution in [0, 0.1) is 12.7 Å². The smallest absolute Gasteiger partial charge is 0.261 e. The van der Waals surface area contributed by atoms with Gasteiger partial charge in [-0.2, -0.15) is 4.99 Å². The van der Waals surface area contributed by atoms with Gasteiger partial charge in [-0.1, -0.05) is 30.3 Å². The number of amides is 2. The summed E-state index contributed by atoms with van der Waals surface area (Å²) in [5.74, 6) is -1.12. The molecule has 8 nitrogen and oxygen atoms in total. The number of carbonyl (C=O) groups excluding carboxylic acids is 2. The van der Waals surface area contributed by atoms with Gasteiger partial charge in [0.1, 0.15) is 23.9 Å². The van der Waals surface area contributed by atoms with Gasteiger partial charge in [0, 0.05) is 54.0 Å². The fourth-order valence-corrected chi connectivity index (χ4v) is 5.97. The fourth-order valence-electron chi connectivity index (χ4n) is 5.71. The van der Waals surface area contributed by atoms with E-state index in [-0.39, 0.29) is 40.1 Å². The largest absolute Gasteiger partial charge is 0.350 e. The Labute approximate surface area is 236 Å². The molecule has 3 aliphatic rings. The van der Waals surface area contributed by atoms with Crippen LogP contribution < -0.4 is 0 Å². The first-order chi connectivity index (χ1) is 19.3. The molecule has 10 heteroatoms. The van der Waals surface area contributed by atoms with Crippen LogP contribution in [0.25, 0.3) is 11.3 Å².